The minimum atomic E-state index is -0.0615. The molecular weight excluding hydrogens is 408 g/mol. The Morgan fingerprint density at radius 1 is 1.00 bits per heavy atom. The van der Waals surface area contributed by atoms with Crippen LogP contribution in [0.15, 0.2) is 18.2 Å². The van der Waals surface area contributed by atoms with Crippen LogP contribution in [-0.2, 0) is 0 Å². The second kappa shape index (κ2) is 10.2. The van der Waals surface area contributed by atoms with Crippen LogP contribution in [0.4, 0.5) is 10.5 Å². The number of carbonyl (C=O) groups is 1. The molecule has 1 aromatic rings. The van der Waals surface area contributed by atoms with E-state index in [0.717, 1.165) is 12.2 Å². The molecule has 1 saturated heterocycles. The third-order valence-corrected chi connectivity index (χ3v) is 10.8. The predicted molar refractivity (Wildman–Crippen MR) is 135 cm³/mol. The Kier molecular flexibility index (Phi) is 8.11. The summed E-state index contributed by atoms with van der Waals surface area (Å²) >= 11 is 4.22. The van der Waals surface area contributed by atoms with Crippen molar-refractivity contribution in [1.82, 2.24) is 5.32 Å². The van der Waals surface area contributed by atoms with Gasteiger partial charge in [0.25, 0.3) is 0 Å². The van der Waals surface area contributed by atoms with Crippen molar-refractivity contribution in [1.29, 1.82) is 0 Å². The van der Waals surface area contributed by atoms with Crippen molar-refractivity contribution >= 4 is 35.2 Å². The van der Waals surface area contributed by atoms with Gasteiger partial charge < -0.3 is 10.6 Å². The van der Waals surface area contributed by atoms with Gasteiger partial charge >= 0.3 is 6.03 Å². The minimum Gasteiger partial charge on any atom is -0.336 e. The normalized spacial score (nSPS) is 27.6. The zero-order valence-corrected chi connectivity index (χ0v) is 21.2. The van der Waals surface area contributed by atoms with E-state index in [-0.39, 0.29) is 10.1 Å². The predicted octanol–water partition coefficient (Wildman–Crippen LogP) is 7.59. The van der Waals surface area contributed by atoms with Crippen LogP contribution in [-0.4, -0.2) is 27.2 Å². The van der Waals surface area contributed by atoms with E-state index < -0.39 is 0 Å². The third kappa shape index (κ3) is 5.32. The molecule has 3 rings (SSSR count). The third-order valence-electron chi connectivity index (χ3n) is 6.77. The molecule has 2 atom stereocenters. The second-order valence-electron chi connectivity index (χ2n) is 9.72. The van der Waals surface area contributed by atoms with Gasteiger partial charge in [-0.1, -0.05) is 79.0 Å². The summed E-state index contributed by atoms with van der Waals surface area (Å²) in [6.45, 7) is 14.2. The van der Waals surface area contributed by atoms with Crippen LogP contribution in [0.5, 0.6) is 0 Å². The van der Waals surface area contributed by atoms with E-state index in [2.05, 4.69) is 93.9 Å². The molecule has 3 nitrogen and oxygen atoms in total. The van der Waals surface area contributed by atoms with Crippen LogP contribution in [0.3, 0.4) is 0 Å². The molecule has 1 aliphatic heterocycles. The number of benzene rings is 1. The maximum atomic E-state index is 13.1. The fourth-order valence-corrected chi connectivity index (χ4v) is 9.14. The molecule has 5 heteroatoms. The lowest BCUT2D eigenvalue weighted by Crippen LogP contribution is -2.44. The number of anilines is 1. The summed E-state index contributed by atoms with van der Waals surface area (Å²) in [5, 5.41) is 7.80. The molecular formula is C25H40N2OS2. The molecule has 1 heterocycles. The van der Waals surface area contributed by atoms with Gasteiger partial charge in [-0.15, -0.1) is 23.5 Å². The molecule has 1 aromatic carbocycles. The van der Waals surface area contributed by atoms with Gasteiger partial charge in [0.15, 0.2) is 0 Å². The van der Waals surface area contributed by atoms with Crippen molar-refractivity contribution in [2.45, 2.75) is 100 Å². The average molecular weight is 449 g/mol. The Labute approximate surface area is 192 Å². The number of hydrogen-bond acceptors (Lipinski definition) is 3. The first kappa shape index (κ1) is 23.8. The van der Waals surface area contributed by atoms with E-state index in [1.807, 2.05) is 0 Å². The summed E-state index contributed by atoms with van der Waals surface area (Å²) in [6.07, 6.45) is 6.64. The number of carbonyl (C=O) groups excluding carboxylic acids is 1. The molecule has 1 saturated carbocycles. The molecule has 0 bridgehead atoms. The van der Waals surface area contributed by atoms with Gasteiger partial charge in [-0.25, -0.2) is 4.79 Å². The van der Waals surface area contributed by atoms with Gasteiger partial charge in [0.1, 0.15) is 0 Å². The SMILES string of the molecule is CC(C)c1cccc(C(C)C)c1NC(=O)NCC1(C2CCCCC2)SC(C)C(C)S1. The highest BCUT2D eigenvalue weighted by molar-refractivity contribution is 8.22. The highest BCUT2D eigenvalue weighted by atomic mass is 32.2. The Morgan fingerprint density at radius 3 is 2.03 bits per heavy atom. The molecule has 30 heavy (non-hydrogen) atoms. The smallest absolute Gasteiger partial charge is 0.319 e. The number of rotatable bonds is 6. The van der Waals surface area contributed by atoms with Crippen LogP contribution in [0.1, 0.15) is 96.6 Å². The number of thioether (sulfide) groups is 2. The second-order valence-corrected chi connectivity index (χ2v) is 13.4. The number of nitrogens with one attached hydrogen (secondary N) is 2. The molecule has 168 valence electrons. The zero-order chi connectivity index (χ0) is 21.9. The molecule has 0 spiro atoms. The molecule has 2 amide bonds. The van der Waals surface area contributed by atoms with Crippen LogP contribution in [0.25, 0.3) is 0 Å². The lowest BCUT2D eigenvalue weighted by Gasteiger charge is -2.39. The van der Waals surface area contributed by atoms with Crippen molar-refractivity contribution in [2.24, 2.45) is 5.92 Å². The monoisotopic (exact) mass is 448 g/mol. The van der Waals surface area contributed by atoms with Gasteiger partial charge in [0.05, 0.1) is 4.08 Å². The van der Waals surface area contributed by atoms with E-state index in [4.69, 9.17) is 0 Å². The van der Waals surface area contributed by atoms with E-state index in [9.17, 15) is 4.79 Å². The number of urea groups is 1. The summed E-state index contributed by atoms with van der Waals surface area (Å²) in [5.41, 5.74) is 3.43. The van der Waals surface area contributed by atoms with E-state index in [1.165, 1.54) is 43.2 Å². The molecule has 0 aromatic heterocycles. The van der Waals surface area contributed by atoms with Gasteiger partial charge in [0, 0.05) is 22.7 Å². The van der Waals surface area contributed by atoms with Crippen molar-refractivity contribution in [3.8, 4) is 0 Å². The summed E-state index contributed by atoms with van der Waals surface area (Å²) < 4.78 is 0.120. The Bertz CT molecular complexity index is 692. The highest BCUT2D eigenvalue weighted by Gasteiger charge is 2.48. The maximum absolute atomic E-state index is 13.1. The number of para-hydroxylation sites is 1. The molecule has 2 aliphatic rings. The van der Waals surface area contributed by atoms with Gasteiger partial charge in [0.2, 0.25) is 0 Å². The molecule has 2 N–H and O–H groups in total. The van der Waals surface area contributed by atoms with E-state index >= 15 is 0 Å². The van der Waals surface area contributed by atoms with Crippen LogP contribution in [0.2, 0.25) is 0 Å². The Hall–Kier alpha value is -0.810. The molecule has 0 radical (unpaired) electrons. The van der Waals surface area contributed by atoms with Crippen molar-refractivity contribution in [3.63, 3.8) is 0 Å². The fraction of sp³-hybridized carbons (Fsp3) is 0.720. The van der Waals surface area contributed by atoms with Crippen LogP contribution >= 0.6 is 23.5 Å². The molecule has 2 unspecified atom stereocenters. The zero-order valence-electron chi connectivity index (χ0n) is 19.6. The first-order valence-electron chi connectivity index (χ1n) is 11.8. The molecule has 1 aliphatic carbocycles. The minimum absolute atomic E-state index is 0.0615. The number of amides is 2. The van der Waals surface area contributed by atoms with E-state index in [1.54, 1.807) is 0 Å². The highest BCUT2D eigenvalue weighted by Crippen LogP contribution is 2.58. The van der Waals surface area contributed by atoms with Crippen molar-refractivity contribution in [3.05, 3.63) is 29.3 Å². The lowest BCUT2D eigenvalue weighted by molar-refractivity contribution is 0.249. The topological polar surface area (TPSA) is 41.1 Å². The average Bonchev–Trinajstić information content (AvgIpc) is 3.02. The summed E-state index contributed by atoms with van der Waals surface area (Å²) in [5.74, 6) is 1.44. The fourth-order valence-electron chi connectivity index (χ4n) is 4.87. The Balaban J connectivity index is 1.74. The molecule has 2 fully saturated rings. The quantitative estimate of drug-likeness (QED) is 0.471. The van der Waals surface area contributed by atoms with Crippen LogP contribution < -0.4 is 10.6 Å². The summed E-state index contributed by atoms with van der Waals surface area (Å²) in [7, 11) is 0. The summed E-state index contributed by atoms with van der Waals surface area (Å²) in [4.78, 5) is 13.1. The van der Waals surface area contributed by atoms with Gasteiger partial charge in [-0.2, -0.15) is 0 Å². The summed E-state index contributed by atoms with van der Waals surface area (Å²) in [6, 6.07) is 6.33. The van der Waals surface area contributed by atoms with Crippen molar-refractivity contribution < 1.29 is 4.79 Å². The number of hydrogen-bond donors (Lipinski definition) is 2. The first-order chi connectivity index (χ1) is 14.2. The van der Waals surface area contributed by atoms with Gasteiger partial charge in [-0.05, 0) is 41.7 Å². The van der Waals surface area contributed by atoms with Crippen molar-refractivity contribution in [2.75, 3.05) is 11.9 Å². The van der Waals surface area contributed by atoms with Gasteiger partial charge in [-0.3, -0.25) is 0 Å². The largest absolute Gasteiger partial charge is 0.336 e. The lowest BCUT2D eigenvalue weighted by atomic mass is 9.86. The Morgan fingerprint density at radius 2 is 1.53 bits per heavy atom. The maximum Gasteiger partial charge on any atom is 0.319 e. The van der Waals surface area contributed by atoms with Crippen LogP contribution in [0, 0.1) is 5.92 Å². The van der Waals surface area contributed by atoms with E-state index in [0.29, 0.717) is 28.3 Å². The standard InChI is InChI=1S/C25H40N2OS2/c1-16(2)21-13-10-14-22(17(3)4)23(21)27-24(28)26-15-25(20-11-8-7-9-12-20)29-18(5)19(6)30-25/h10,13-14,16-20H,7-9,11-12,15H2,1-6H3,(H2,26,27,28). The first-order valence-corrected chi connectivity index (χ1v) is 13.5.